The van der Waals surface area contributed by atoms with Crippen molar-refractivity contribution in [2.24, 2.45) is 7.05 Å². The number of ether oxygens (including phenoxy) is 1. The number of Topliss-reactive ketones (excluding diaryl/α,β-unsaturated/α-hetero) is 1. The van der Waals surface area contributed by atoms with Crippen LogP contribution in [0.2, 0.25) is 0 Å². The quantitative estimate of drug-likeness (QED) is 0.755. The van der Waals surface area contributed by atoms with Crippen LogP contribution >= 0.6 is 0 Å². The summed E-state index contributed by atoms with van der Waals surface area (Å²) in [5.74, 6) is 0.565. The fraction of sp³-hybridized carbons (Fsp3) is 0.400. The summed E-state index contributed by atoms with van der Waals surface area (Å²) in [7, 11) is 3.17. The van der Waals surface area contributed by atoms with E-state index in [1.54, 1.807) is 25.2 Å². The molecule has 0 aliphatic heterocycles. The summed E-state index contributed by atoms with van der Waals surface area (Å²) in [6, 6.07) is 4.64. The van der Waals surface area contributed by atoms with Gasteiger partial charge in [0.25, 0.3) is 0 Å². The third kappa shape index (κ3) is 2.61. The van der Waals surface area contributed by atoms with Crippen LogP contribution in [0.4, 0.5) is 0 Å². The topological polar surface area (TPSA) is 70.3 Å². The number of nitrogens with zero attached hydrogens (tertiary/aromatic N) is 2. The Hall–Kier alpha value is -2.37. The van der Waals surface area contributed by atoms with Gasteiger partial charge in [-0.15, -0.1) is 0 Å². The Labute approximate surface area is 121 Å². The lowest BCUT2D eigenvalue weighted by Crippen LogP contribution is -2.27. The Morgan fingerprint density at radius 2 is 2.14 bits per heavy atom. The Morgan fingerprint density at radius 3 is 2.71 bits per heavy atom. The summed E-state index contributed by atoms with van der Waals surface area (Å²) in [4.78, 5) is 34.9. The predicted molar refractivity (Wildman–Crippen MR) is 78.7 cm³/mol. The third-order valence-corrected chi connectivity index (χ3v) is 3.57. The van der Waals surface area contributed by atoms with Crippen molar-refractivity contribution in [2.45, 2.75) is 25.8 Å². The number of methoxy groups -OCH3 is 1. The van der Waals surface area contributed by atoms with Crippen LogP contribution < -0.4 is 10.4 Å². The molecular weight excluding hydrogens is 272 g/mol. The van der Waals surface area contributed by atoms with Gasteiger partial charge in [0.15, 0.2) is 0 Å². The number of imidazole rings is 1. The minimum Gasteiger partial charge on any atom is -0.494 e. The van der Waals surface area contributed by atoms with Gasteiger partial charge >= 0.3 is 5.69 Å². The molecule has 1 aromatic carbocycles. The number of hydrogen-bond acceptors (Lipinski definition) is 4. The summed E-state index contributed by atoms with van der Waals surface area (Å²) in [5, 5.41) is 0. The van der Waals surface area contributed by atoms with Crippen molar-refractivity contribution < 1.29 is 14.3 Å². The minimum atomic E-state index is -0.655. The molecule has 21 heavy (non-hydrogen) atoms. The minimum absolute atomic E-state index is 0.00674. The first-order valence-corrected chi connectivity index (χ1v) is 6.70. The molecule has 1 atom stereocenters. The molecule has 0 bridgehead atoms. The lowest BCUT2D eigenvalue weighted by Gasteiger charge is -2.11. The number of para-hydroxylation sites is 1. The molecule has 2 aromatic rings. The average molecular weight is 290 g/mol. The van der Waals surface area contributed by atoms with Crippen LogP contribution in [0.15, 0.2) is 23.0 Å². The van der Waals surface area contributed by atoms with E-state index in [0.29, 0.717) is 29.5 Å². The van der Waals surface area contributed by atoms with Crippen molar-refractivity contribution in [1.29, 1.82) is 0 Å². The molecule has 0 aliphatic carbocycles. The van der Waals surface area contributed by atoms with Crippen LogP contribution in [0.3, 0.4) is 0 Å². The molecule has 0 fully saturated rings. The van der Waals surface area contributed by atoms with E-state index in [0.717, 1.165) is 0 Å². The smallest absolute Gasteiger partial charge is 0.329 e. The normalized spacial score (nSPS) is 12.3. The molecule has 0 radical (unpaired) electrons. The van der Waals surface area contributed by atoms with Crippen molar-refractivity contribution in [2.75, 3.05) is 7.11 Å². The molecule has 1 heterocycles. The van der Waals surface area contributed by atoms with Gasteiger partial charge in [-0.05, 0) is 25.5 Å². The summed E-state index contributed by atoms with van der Waals surface area (Å²) < 4.78 is 8.15. The predicted octanol–water partition coefficient (Wildman–Crippen LogP) is 1.46. The van der Waals surface area contributed by atoms with Crippen LogP contribution in [-0.2, 0) is 16.6 Å². The molecule has 0 saturated carbocycles. The number of benzene rings is 1. The molecule has 2 rings (SSSR count). The number of fused-ring (bicyclic) bond motifs is 1. The van der Waals surface area contributed by atoms with E-state index in [1.165, 1.54) is 23.2 Å². The number of ketones is 1. The molecule has 1 aromatic heterocycles. The SMILES string of the molecule is COc1cccc2c1n(C)c(=O)n2C(C=O)CCC(C)=O. The number of aryl methyl sites for hydroxylation is 1. The van der Waals surface area contributed by atoms with Crippen molar-refractivity contribution in [1.82, 2.24) is 9.13 Å². The highest BCUT2D eigenvalue weighted by molar-refractivity contribution is 5.84. The third-order valence-electron chi connectivity index (χ3n) is 3.57. The highest BCUT2D eigenvalue weighted by Gasteiger charge is 2.21. The fourth-order valence-corrected chi connectivity index (χ4v) is 2.50. The number of carbonyl (C=O) groups is 2. The van der Waals surface area contributed by atoms with E-state index in [1.807, 2.05) is 0 Å². The van der Waals surface area contributed by atoms with E-state index in [2.05, 4.69) is 0 Å². The second kappa shape index (κ2) is 5.95. The highest BCUT2D eigenvalue weighted by atomic mass is 16.5. The first kappa shape index (κ1) is 15.0. The Morgan fingerprint density at radius 1 is 1.43 bits per heavy atom. The van der Waals surface area contributed by atoms with E-state index in [-0.39, 0.29) is 17.9 Å². The van der Waals surface area contributed by atoms with Crippen LogP contribution in [0.5, 0.6) is 5.75 Å². The van der Waals surface area contributed by atoms with E-state index in [4.69, 9.17) is 4.74 Å². The lowest BCUT2D eigenvalue weighted by atomic mass is 10.1. The molecule has 112 valence electrons. The van der Waals surface area contributed by atoms with Gasteiger partial charge in [-0.25, -0.2) is 4.79 Å². The molecule has 0 N–H and O–H groups in total. The largest absolute Gasteiger partial charge is 0.494 e. The summed E-state index contributed by atoms with van der Waals surface area (Å²) >= 11 is 0. The van der Waals surface area contributed by atoms with Crippen molar-refractivity contribution >= 4 is 23.1 Å². The number of hydrogen-bond donors (Lipinski definition) is 0. The average Bonchev–Trinajstić information content (AvgIpc) is 2.73. The van der Waals surface area contributed by atoms with Crippen molar-refractivity contribution in [3.05, 3.63) is 28.7 Å². The van der Waals surface area contributed by atoms with Crippen LogP contribution in [0.25, 0.3) is 11.0 Å². The number of carbonyl (C=O) groups excluding carboxylic acids is 2. The molecule has 6 nitrogen and oxygen atoms in total. The van der Waals surface area contributed by atoms with Gasteiger partial charge in [-0.3, -0.25) is 9.13 Å². The van der Waals surface area contributed by atoms with E-state index >= 15 is 0 Å². The van der Waals surface area contributed by atoms with Gasteiger partial charge in [-0.1, -0.05) is 6.07 Å². The first-order chi connectivity index (χ1) is 10.0. The maximum atomic E-state index is 12.4. The first-order valence-electron chi connectivity index (χ1n) is 6.70. The monoisotopic (exact) mass is 290 g/mol. The van der Waals surface area contributed by atoms with E-state index < -0.39 is 6.04 Å². The zero-order chi connectivity index (χ0) is 15.6. The fourth-order valence-electron chi connectivity index (χ4n) is 2.50. The second-order valence-corrected chi connectivity index (χ2v) is 4.98. The molecule has 6 heteroatoms. The maximum Gasteiger partial charge on any atom is 0.329 e. The molecule has 0 spiro atoms. The standard InChI is InChI=1S/C15H18N2O4/c1-10(19)7-8-11(9-18)17-12-5-4-6-13(21-3)14(12)16(2)15(17)20/h4-6,9,11H,7-8H2,1-3H3. The van der Waals surface area contributed by atoms with Crippen molar-refractivity contribution in [3.63, 3.8) is 0 Å². The highest BCUT2D eigenvalue weighted by Crippen LogP contribution is 2.26. The zero-order valence-electron chi connectivity index (χ0n) is 12.3. The Kier molecular flexibility index (Phi) is 4.26. The van der Waals surface area contributed by atoms with Gasteiger partial charge in [0, 0.05) is 13.5 Å². The molecule has 1 unspecified atom stereocenters. The van der Waals surface area contributed by atoms with Gasteiger partial charge in [0.2, 0.25) is 0 Å². The van der Waals surface area contributed by atoms with Crippen molar-refractivity contribution in [3.8, 4) is 5.75 Å². The number of rotatable bonds is 6. The van der Waals surface area contributed by atoms with Crippen LogP contribution in [0, 0.1) is 0 Å². The second-order valence-electron chi connectivity index (χ2n) is 4.98. The zero-order valence-corrected chi connectivity index (χ0v) is 12.3. The van der Waals surface area contributed by atoms with Gasteiger partial charge in [0.05, 0.1) is 18.7 Å². The molecule has 0 amide bonds. The van der Waals surface area contributed by atoms with Crippen LogP contribution in [-0.4, -0.2) is 28.3 Å². The number of aldehydes is 1. The lowest BCUT2D eigenvalue weighted by molar-refractivity contribution is -0.117. The van der Waals surface area contributed by atoms with Gasteiger partial charge in [-0.2, -0.15) is 0 Å². The molecular formula is C15H18N2O4. The Bertz CT molecular complexity index is 742. The maximum absolute atomic E-state index is 12.4. The Balaban J connectivity index is 2.63. The van der Waals surface area contributed by atoms with Gasteiger partial charge < -0.3 is 14.3 Å². The van der Waals surface area contributed by atoms with E-state index in [9.17, 15) is 14.4 Å². The summed E-state index contributed by atoms with van der Waals surface area (Å²) in [6.07, 6.45) is 1.29. The summed E-state index contributed by atoms with van der Waals surface area (Å²) in [6.45, 7) is 1.47. The number of aromatic nitrogens is 2. The molecule has 0 saturated heterocycles. The van der Waals surface area contributed by atoms with Gasteiger partial charge in [0.1, 0.15) is 23.3 Å². The summed E-state index contributed by atoms with van der Waals surface area (Å²) in [5.41, 5.74) is 0.970. The molecule has 0 aliphatic rings. The van der Waals surface area contributed by atoms with Crippen LogP contribution in [0.1, 0.15) is 25.8 Å².